The van der Waals surface area contributed by atoms with Gasteiger partial charge < -0.3 is 14.2 Å². The van der Waals surface area contributed by atoms with E-state index in [0.717, 1.165) is 0 Å². The fourth-order valence-corrected chi connectivity index (χ4v) is 1.84. The average Bonchev–Trinajstić information content (AvgIpc) is 2.15. The monoisotopic (exact) mass is 227 g/mol. The zero-order valence-corrected chi connectivity index (χ0v) is 9.86. The topological polar surface area (TPSA) is 68.6 Å². The van der Waals surface area contributed by atoms with Crippen molar-refractivity contribution in [3.8, 4) is 6.07 Å². The van der Waals surface area contributed by atoms with Gasteiger partial charge in [0, 0.05) is 6.42 Å². The minimum atomic E-state index is -0.752. The molecule has 0 radical (unpaired) electrons. The van der Waals surface area contributed by atoms with Crippen molar-refractivity contribution in [3.05, 3.63) is 0 Å². The molecule has 5 heteroatoms. The van der Waals surface area contributed by atoms with Crippen molar-refractivity contribution < 1.29 is 19.0 Å². The molecule has 0 aromatic carbocycles. The molecule has 1 aliphatic rings. The van der Waals surface area contributed by atoms with Crippen molar-refractivity contribution in [3.63, 3.8) is 0 Å². The maximum atomic E-state index is 11.1. The van der Waals surface area contributed by atoms with Gasteiger partial charge >= 0.3 is 5.97 Å². The molecule has 16 heavy (non-hydrogen) atoms. The Hall–Kier alpha value is -1.12. The van der Waals surface area contributed by atoms with Crippen LogP contribution < -0.4 is 0 Å². The van der Waals surface area contributed by atoms with Gasteiger partial charge in [-0.05, 0) is 13.8 Å². The quantitative estimate of drug-likeness (QED) is 0.681. The van der Waals surface area contributed by atoms with E-state index < -0.39 is 5.79 Å². The molecule has 0 unspecified atom stereocenters. The van der Waals surface area contributed by atoms with E-state index in [1.54, 1.807) is 13.8 Å². The second-order valence-corrected chi connectivity index (χ2v) is 4.26. The molecule has 0 aliphatic carbocycles. The molecule has 5 nitrogen and oxygen atoms in total. The van der Waals surface area contributed by atoms with Gasteiger partial charge in [-0.3, -0.25) is 4.79 Å². The summed E-state index contributed by atoms with van der Waals surface area (Å²) in [6.45, 7) is 3.56. The van der Waals surface area contributed by atoms with Crippen LogP contribution in [0.3, 0.4) is 0 Å². The Balaban J connectivity index is 2.58. The molecule has 0 bridgehead atoms. The van der Waals surface area contributed by atoms with Crippen molar-refractivity contribution in [1.82, 2.24) is 0 Å². The molecule has 0 amide bonds. The highest BCUT2D eigenvalue weighted by atomic mass is 16.7. The number of carbonyl (C=O) groups is 1. The van der Waals surface area contributed by atoms with Gasteiger partial charge in [0.25, 0.3) is 0 Å². The molecule has 1 rings (SSSR count). The number of nitriles is 1. The molecule has 2 atom stereocenters. The van der Waals surface area contributed by atoms with E-state index in [9.17, 15) is 4.79 Å². The van der Waals surface area contributed by atoms with E-state index in [1.165, 1.54) is 7.11 Å². The molecule has 1 heterocycles. The lowest BCUT2D eigenvalue weighted by molar-refractivity contribution is -0.298. The van der Waals surface area contributed by atoms with Crippen molar-refractivity contribution in [2.24, 2.45) is 0 Å². The average molecular weight is 227 g/mol. The summed E-state index contributed by atoms with van der Waals surface area (Å²) < 4.78 is 15.7. The molecule has 90 valence electrons. The number of methoxy groups -OCH3 is 1. The van der Waals surface area contributed by atoms with Crippen LogP contribution in [0, 0.1) is 11.3 Å². The minimum Gasteiger partial charge on any atom is -0.469 e. The largest absolute Gasteiger partial charge is 0.469 e. The van der Waals surface area contributed by atoms with E-state index in [2.05, 4.69) is 10.8 Å². The van der Waals surface area contributed by atoms with Crippen LogP contribution in [0.1, 0.15) is 33.1 Å². The predicted molar refractivity (Wildman–Crippen MR) is 55.3 cm³/mol. The number of nitrogens with zero attached hydrogens (tertiary/aromatic N) is 1. The SMILES string of the molecule is COC(=O)C[C@@H]1C[C@H](CC#N)OC(C)(C)O1. The summed E-state index contributed by atoms with van der Waals surface area (Å²) in [4.78, 5) is 11.1. The minimum absolute atomic E-state index is 0.177. The summed E-state index contributed by atoms with van der Waals surface area (Å²) >= 11 is 0. The zero-order valence-electron chi connectivity index (χ0n) is 9.86. The van der Waals surface area contributed by atoms with Gasteiger partial charge in [0.1, 0.15) is 0 Å². The van der Waals surface area contributed by atoms with Crippen LogP contribution >= 0.6 is 0 Å². The van der Waals surface area contributed by atoms with E-state index in [0.29, 0.717) is 12.8 Å². The fourth-order valence-electron chi connectivity index (χ4n) is 1.84. The maximum absolute atomic E-state index is 11.1. The Bertz CT molecular complexity index is 295. The highest BCUT2D eigenvalue weighted by Crippen LogP contribution is 2.29. The van der Waals surface area contributed by atoms with Crippen molar-refractivity contribution in [2.45, 2.75) is 51.1 Å². The summed E-state index contributed by atoms with van der Waals surface area (Å²) in [5.41, 5.74) is 0. The molecule has 1 aliphatic heterocycles. The highest BCUT2D eigenvalue weighted by molar-refractivity contribution is 5.69. The predicted octanol–water partition coefficient (Wildman–Crippen LogP) is 1.37. The van der Waals surface area contributed by atoms with E-state index >= 15 is 0 Å². The second-order valence-electron chi connectivity index (χ2n) is 4.26. The lowest BCUT2D eigenvalue weighted by Crippen LogP contribution is -2.45. The highest BCUT2D eigenvalue weighted by Gasteiger charge is 2.36. The van der Waals surface area contributed by atoms with Crippen LogP contribution in [0.2, 0.25) is 0 Å². The van der Waals surface area contributed by atoms with Gasteiger partial charge in [0.05, 0.1) is 38.2 Å². The van der Waals surface area contributed by atoms with Gasteiger partial charge in [-0.25, -0.2) is 0 Å². The third-order valence-corrected chi connectivity index (χ3v) is 2.37. The Kier molecular flexibility index (Phi) is 4.27. The van der Waals surface area contributed by atoms with E-state index in [-0.39, 0.29) is 24.6 Å². The van der Waals surface area contributed by atoms with Gasteiger partial charge in [0.15, 0.2) is 5.79 Å². The molecule has 0 saturated carbocycles. The first-order valence-corrected chi connectivity index (χ1v) is 5.26. The molecule has 0 aromatic rings. The lowest BCUT2D eigenvalue weighted by atomic mass is 10.0. The van der Waals surface area contributed by atoms with Crippen molar-refractivity contribution >= 4 is 5.97 Å². The van der Waals surface area contributed by atoms with Crippen LogP contribution in [0.4, 0.5) is 0 Å². The second kappa shape index (κ2) is 5.28. The molecule has 0 N–H and O–H groups in total. The van der Waals surface area contributed by atoms with E-state index in [4.69, 9.17) is 14.7 Å². The standard InChI is InChI=1S/C11H17NO4/c1-11(2)15-8(4-5-12)6-9(16-11)7-10(13)14-3/h8-9H,4,6-7H2,1-3H3/t8-,9-/m0/s1. The first-order chi connectivity index (χ1) is 7.46. The number of ether oxygens (including phenoxy) is 3. The van der Waals surface area contributed by atoms with Crippen LogP contribution in [0.15, 0.2) is 0 Å². The first-order valence-electron chi connectivity index (χ1n) is 5.26. The third-order valence-electron chi connectivity index (χ3n) is 2.37. The van der Waals surface area contributed by atoms with Crippen LogP contribution in [-0.2, 0) is 19.0 Å². The summed E-state index contributed by atoms with van der Waals surface area (Å²) in [6.07, 6.45) is 0.639. The zero-order chi connectivity index (χ0) is 12.2. The summed E-state index contributed by atoms with van der Waals surface area (Å²) in [7, 11) is 1.35. The van der Waals surface area contributed by atoms with Crippen LogP contribution in [-0.4, -0.2) is 31.1 Å². The van der Waals surface area contributed by atoms with Crippen molar-refractivity contribution in [2.75, 3.05) is 7.11 Å². The molecular weight excluding hydrogens is 210 g/mol. The Labute approximate surface area is 95.3 Å². The maximum Gasteiger partial charge on any atom is 0.308 e. The summed E-state index contributed by atoms with van der Waals surface area (Å²) in [5.74, 6) is -1.06. The van der Waals surface area contributed by atoms with Crippen LogP contribution in [0.25, 0.3) is 0 Å². The van der Waals surface area contributed by atoms with Gasteiger partial charge in [-0.15, -0.1) is 0 Å². The number of hydrogen-bond acceptors (Lipinski definition) is 5. The lowest BCUT2D eigenvalue weighted by Gasteiger charge is -2.39. The molecule has 1 saturated heterocycles. The third kappa shape index (κ3) is 3.80. The Morgan fingerprint density at radius 3 is 2.69 bits per heavy atom. The van der Waals surface area contributed by atoms with Crippen LogP contribution in [0.5, 0.6) is 0 Å². The normalized spacial score (nSPS) is 28.1. The number of hydrogen-bond donors (Lipinski definition) is 0. The Morgan fingerprint density at radius 2 is 2.12 bits per heavy atom. The molecule has 1 fully saturated rings. The van der Waals surface area contributed by atoms with Gasteiger partial charge in [-0.1, -0.05) is 0 Å². The van der Waals surface area contributed by atoms with E-state index in [1.807, 2.05) is 0 Å². The number of esters is 1. The first kappa shape index (κ1) is 12.9. The molecule has 0 spiro atoms. The fraction of sp³-hybridized carbons (Fsp3) is 0.818. The summed E-state index contributed by atoms with van der Waals surface area (Å²) in [5, 5.41) is 8.64. The number of carbonyl (C=O) groups excluding carboxylic acids is 1. The number of rotatable bonds is 3. The van der Waals surface area contributed by atoms with Gasteiger partial charge in [0.2, 0.25) is 0 Å². The molecule has 0 aromatic heterocycles. The smallest absolute Gasteiger partial charge is 0.308 e. The van der Waals surface area contributed by atoms with Gasteiger partial charge in [-0.2, -0.15) is 5.26 Å². The Morgan fingerprint density at radius 1 is 1.50 bits per heavy atom. The van der Waals surface area contributed by atoms with Crippen molar-refractivity contribution in [1.29, 1.82) is 5.26 Å². The molecular formula is C11H17NO4. The summed E-state index contributed by atoms with van der Waals surface area (Å²) in [6, 6.07) is 2.07.